The number of aliphatic hydroxyl groups excluding tert-OH is 1. The van der Waals surface area contributed by atoms with Crippen molar-refractivity contribution in [3.63, 3.8) is 0 Å². The zero-order chi connectivity index (χ0) is 17.1. The van der Waals surface area contributed by atoms with Crippen LogP contribution < -0.4 is 5.32 Å². The Labute approximate surface area is 132 Å². The van der Waals surface area contributed by atoms with E-state index in [1.807, 2.05) is 34.6 Å². The number of hydrogen-bond acceptors (Lipinski definition) is 4. The SMILES string of the molecule is CC(C)(CCO)NC(=O)CCN1C(=O)CC(C(C)(C)C)C1=O. The Morgan fingerprint density at radius 3 is 2.32 bits per heavy atom. The number of carbonyl (C=O) groups excluding carboxylic acids is 3. The first-order valence-corrected chi connectivity index (χ1v) is 7.74. The molecule has 0 saturated carbocycles. The second kappa shape index (κ2) is 6.77. The van der Waals surface area contributed by atoms with E-state index in [4.69, 9.17) is 5.11 Å². The fraction of sp³-hybridized carbons (Fsp3) is 0.812. The summed E-state index contributed by atoms with van der Waals surface area (Å²) in [4.78, 5) is 37.4. The molecule has 126 valence electrons. The Balaban J connectivity index is 2.56. The number of carbonyl (C=O) groups is 3. The Morgan fingerprint density at radius 1 is 1.27 bits per heavy atom. The molecule has 3 amide bonds. The Bertz CT molecular complexity index is 452. The van der Waals surface area contributed by atoms with Gasteiger partial charge in [-0.3, -0.25) is 19.3 Å². The van der Waals surface area contributed by atoms with Crippen molar-refractivity contribution in [3.8, 4) is 0 Å². The van der Waals surface area contributed by atoms with Crippen molar-refractivity contribution in [2.45, 2.75) is 59.4 Å². The van der Waals surface area contributed by atoms with Crippen molar-refractivity contribution in [1.29, 1.82) is 0 Å². The van der Waals surface area contributed by atoms with E-state index in [9.17, 15) is 14.4 Å². The van der Waals surface area contributed by atoms with E-state index in [2.05, 4.69) is 5.32 Å². The molecule has 1 saturated heterocycles. The van der Waals surface area contributed by atoms with Crippen LogP contribution in [-0.2, 0) is 14.4 Å². The Kier molecular flexibility index (Phi) is 5.73. The van der Waals surface area contributed by atoms with Crippen LogP contribution in [0.4, 0.5) is 0 Å². The van der Waals surface area contributed by atoms with Crippen LogP contribution in [0.3, 0.4) is 0 Å². The van der Waals surface area contributed by atoms with E-state index in [1.165, 1.54) is 4.90 Å². The van der Waals surface area contributed by atoms with Crippen LogP contribution in [0, 0.1) is 11.3 Å². The summed E-state index contributed by atoms with van der Waals surface area (Å²) in [7, 11) is 0. The maximum atomic E-state index is 12.3. The number of aliphatic hydroxyl groups is 1. The van der Waals surface area contributed by atoms with Crippen LogP contribution >= 0.6 is 0 Å². The average molecular weight is 312 g/mol. The molecule has 1 aliphatic heterocycles. The van der Waals surface area contributed by atoms with Crippen LogP contribution in [-0.4, -0.2) is 46.4 Å². The molecule has 0 aromatic rings. The minimum Gasteiger partial charge on any atom is -0.396 e. The van der Waals surface area contributed by atoms with E-state index in [-0.39, 0.29) is 55.0 Å². The van der Waals surface area contributed by atoms with Gasteiger partial charge in [0.15, 0.2) is 0 Å². The predicted octanol–water partition coefficient (Wildman–Crippen LogP) is 1.07. The third kappa shape index (κ3) is 4.80. The summed E-state index contributed by atoms with van der Waals surface area (Å²) in [5, 5.41) is 11.7. The molecule has 0 aromatic carbocycles. The highest BCUT2D eigenvalue weighted by atomic mass is 16.3. The van der Waals surface area contributed by atoms with Gasteiger partial charge in [0.25, 0.3) is 0 Å². The highest BCUT2D eigenvalue weighted by Crippen LogP contribution is 2.35. The van der Waals surface area contributed by atoms with E-state index in [1.54, 1.807) is 0 Å². The number of hydrogen-bond donors (Lipinski definition) is 2. The molecule has 1 heterocycles. The zero-order valence-electron chi connectivity index (χ0n) is 14.2. The molecule has 0 spiro atoms. The van der Waals surface area contributed by atoms with Crippen molar-refractivity contribution < 1.29 is 19.5 Å². The lowest BCUT2D eigenvalue weighted by atomic mass is 9.80. The number of nitrogens with one attached hydrogen (secondary N) is 1. The third-order valence-electron chi connectivity index (χ3n) is 4.07. The molecule has 0 bridgehead atoms. The summed E-state index contributed by atoms with van der Waals surface area (Å²) in [5.41, 5.74) is -0.758. The normalized spacial score (nSPS) is 19.7. The third-order valence-corrected chi connectivity index (χ3v) is 4.07. The first-order valence-electron chi connectivity index (χ1n) is 7.74. The zero-order valence-corrected chi connectivity index (χ0v) is 14.2. The van der Waals surface area contributed by atoms with Crippen LogP contribution in [0.15, 0.2) is 0 Å². The molecule has 1 rings (SSSR count). The molecule has 22 heavy (non-hydrogen) atoms. The van der Waals surface area contributed by atoms with Crippen LogP contribution in [0.5, 0.6) is 0 Å². The standard InChI is InChI=1S/C16H28N2O4/c1-15(2,3)11-10-13(21)18(14(11)22)8-6-12(20)17-16(4,5)7-9-19/h11,19H,6-10H2,1-5H3,(H,17,20). The first kappa shape index (κ1) is 18.6. The molecule has 0 radical (unpaired) electrons. The number of imide groups is 1. The van der Waals surface area contributed by atoms with Gasteiger partial charge in [0.1, 0.15) is 0 Å². The lowest BCUT2D eigenvalue weighted by molar-refractivity contribution is -0.140. The molecule has 1 unspecified atom stereocenters. The van der Waals surface area contributed by atoms with Crippen LogP contribution in [0.25, 0.3) is 0 Å². The Hall–Kier alpha value is -1.43. The minimum absolute atomic E-state index is 0.0103. The highest BCUT2D eigenvalue weighted by Gasteiger charge is 2.44. The second-order valence-electron chi connectivity index (χ2n) is 7.66. The smallest absolute Gasteiger partial charge is 0.233 e. The number of rotatable bonds is 6. The average Bonchev–Trinajstić information content (AvgIpc) is 2.61. The Morgan fingerprint density at radius 2 is 1.86 bits per heavy atom. The highest BCUT2D eigenvalue weighted by molar-refractivity contribution is 6.04. The minimum atomic E-state index is -0.501. The molecule has 1 atom stereocenters. The summed E-state index contributed by atoms with van der Waals surface area (Å²) >= 11 is 0. The lowest BCUT2D eigenvalue weighted by Gasteiger charge is -2.26. The monoisotopic (exact) mass is 312 g/mol. The van der Waals surface area contributed by atoms with Crippen molar-refractivity contribution in [2.75, 3.05) is 13.2 Å². The summed E-state index contributed by atoms with van der Waals surface area (Å²) in [6.45, 7) is 9.57. The second-order valence-corrected chi connectivity index (χ2v) is 7.66. The van der Waals surface area contributed by atoms with E-state index in [0.717, 1.165) is 0 Å². The van der Waals surface area contributed by atoms with E-state index < -0.39 is 5.54 Å². The summed E-state index contributed by atoms with van der Waals surface area (Å²) in [5.74, 6) is -0.917. The topological polar surface area (TPSA) is 86.7 Å². The quantitative estimate of drug-likeness (QED) is 0.718. The van der Waals surface area contributed by atoms with Gasteiger partial charge in [0.2, 0.25) is 17.7 Å². The van der Waals surface area contributed by atoms with Crippen molar-refractivity contribution in [1.82, 2.24) is 10.2 Å². The van der Waals surface area contributed by atoms with Crippen LogP contribution in [0.2, 0.25) is 0 Å². The van der Waals surface area contributed by atoms with Gasteiger partial charge in [0, 0.05) is 31.5 Å². The maximum Gasteiger partial charge on any atom is 0.233 e. The maximum absolute atomic E-state index is 12.3. The molecule has 6 nitrogen and oxygen atoms in total. The molecule has 0 aromatic heterocycles. The van der Waals surface area contributed by atoms with Crippen molar-refractivity contribution in [3.05, 3.63) is 0 Å². The number of likely N-dealkylation sites (tertiary alicyclic amines) is 1. The molecule has 1 aliphatic rings. The molecular weight excluding hydrogens is 284 g/mol. The fourth-order valence-electron chi connectivity index (χ4n) is 2.59. The lowest BCUT2D eigenvalue weighted by Crippen LogP contribution is -2.45. The first-order chi connectivity index (χ1) is 9.98. The molecular formula is C16H28N2O4. The van der Waals surface area contributed by atoms with Gasteiger partial charge in [-0.05, 0) is 25.7 Å². The van der Waals surface area contributed by atoms with Gasteiger partial charge in [-0.25, -0.2) is 0 Å². The molecule has 2 N–H and O–H groups in total. The summed E-state index contributed by atoms with van der Waals surface area (Å²) in [6, 6.07) is 0. The summed E-state index contributed by atoms with van der Waals surface area (Å²) < 4.78 is 0. The summed E-state index contributed by atoms with van der Waals surface area (Å²) in [6.07, 6.45) is 0.759. The number of amides is 3. The van der Waals surface area contributed by atoms with Gasteiger partial charge >= 0.3 is 0 Å². The molecule has 1 fully saturated rings. The molecule has 6 heteroatoms. The molecule has 0 aliphatic carbocycles. The van der Waals surface area contributed by atoms with Gasteiger partial charge in [-0.2, -0.15) is 0 Å². The van der Waals surface area contributed by atoms with Crippen molar-refractivity contribution in [2.24, 2.45) is 11.3 Å². The predicted molar refractivity (Wildman–Crippen MR) is 82.8 cm³/mol. The van der Waals surface area contributed by atoms with Gasteiger partial charge in [-0.1, -0.05) is 20.8 Å². The van der Waals surface area contributed by atoms with Crippen molar-refractivity contribution >= 4 is 17.7 Å². The largest absolute Gasteiger partial charge is 0.396 e. The fourth-order valence-corrected chi connectivity index (χ4v) is 2.59. The van der Waals surface area contributed by atoms with Gasteiger partial charge in [-0.15, -0.1) is 0 Å². The number of nitrogens with zero attached hydrogens (tertiary/aromatic N) is 1. The van der Waals surface area contributed by atoms with Crippen LogP contribution in [0.1, 0.15) is 53.9 Å². The van der Waals surface area contributed by atoms with E-state index in [0.29, 0.717) is 6.42 Å². The van der Waals surface area contributed by atoms with Gasteiger partial charge < -0.3 is 10.4 Å². The van der Waals surface area contributed by atoms with E-state index >= 15 is 0 Å². The van der Waals surface area contributed by atoms with Gasteiger partial charge in [0.05, 0.1) is 5.92 Å².